The number of thiocarbonyl (C=S) groups is 1. The molecular weight excluding hydrogens is 306 g/mol. The van der Waals surface area contributed by atoms with Crippen molar-refractivity contribution in [3.63, 3.8) is 0 Å². The van der Waals surface area contributed by atoms with Crippen molar-refractivity contribution in [2.45, 2.75) is 32.3 Å². The van der Waals surface area contributed by atoms with Crippen LogP contribution in [0.25, 0.3) is 11.3 Å². The van der Waals surface area contributed by atoms with Crippen molar-refractivity contribution in [1.29, 1.82) is 5.26 Å². The van der Waals surface area contributed by atoms with Crippen LogP contribution in [0.2, 0.25) is 0 Å². The number of aromatic nitrogens is 1. The van der Waals surface area contributed by atoms with Crippen LogP contribution in [0.4, 0.5) is 5.69 Å². The number of nitriles is 1. The Kier molecular flexibility index (Phi) is 3.87. The van der Waals surface area contributed by atoms with E-state index < -0.39 is 5.60 Å². The van der Waals surface area contributed by atoms with Gasteiger partial charge in [-0.1, -0.05) is 19.9 Å². The zero-order valence-electron chi connectivity index (χ0n) is 13.5. The van der Waals surface area contributed by atoms with E-state index in [1.807, 2.05) is 35.9 Å². The fourth-order valence-electron chi connectivity index (χ4n) is 3.25. The molecule has 0 aliphatic carbocycles. The molecule has 0 fully saturated rings. The number of nitrogens with one attached hydrogen (secondary N) is 1. The second kappa shape index (κ2) is 5.71. The molecular formula is C18H19N3OS. The van der Waals surface area contributed by atoms with Crippen LogP contribution >= 0.6 is 12.2 Å². The van der Waals surface area contributed by atoms with E-state index in [0.717, 1.165) is 35.3 Å². The van der Waals surface area contributed by atoms with Crippen LogP contribution in [0.5, 0.6) is 0 Å². The molecule has 5 heteroatoms. The van der Waals surface area contributed by atoms with Crippen molar-refractivity contribution in [3.05, 3.63) is 41.6 Å². The lowest BCUT2D eigenvalue weighted by Crippen LogP contribution is -2.38. The van der Waals surface area contributed by atoms with Crippen molar-refractivity contribution >= 4 is 23.1 Å². The number of hydrogen-bond donors (Lipinski definition) is 1. The average Bonchev–Trinajstić information content (AvgIpc) is 2.94. The number of hydrogen-bond acceptors (Lipinski definition) is 3. The Morgan fingerprint density at radius 2 is 2.00 bits per heavy atom. The number of anilines is 1. The molecule has 1 aromatic carbocycles. The average molecular weight is 325 g/mol. The molecule has 0 amide bonds. The van der Waals surface area contributed by atoms with Crippen molar-refractivity contribution in [3.8, 4) is 17.3 Å². The first-order valence-electron chi connectivity index (χ1n) is 7.75. The summed E-state index contributed by atoms with van der Waals surface area (Å²) in [6.45, 7) is 4.23. The first-order chi connectivity index (χ1) is 11.0. The van der Waals surface area contributed by atoms with E-state index in [2.05, 4.69) is 31.3 Å². The zero-order chi connectivity index (χ0) is 16.6. The third kappa shape index (κ3) is 2.40. The maximum Gasteiger partial charge on any atom is 0.262 e. The van der Waals surface area contributed by atoms with Gasteiger partial charge < -0.3 is 14.6 Å². The summed E-state index contributed by atoms with van der Waals surface area (Å²) in [7, 11) is 1.91. The monoisotopic (exact) mass is 325 g/mol. The Morgan fingerprint density at radius 1 is 1.26 bits per heavy atom. The molecule has 4 nitrogen and oxygen atoms in total. The van der Waals surface area contributed by atoms with Crippen LogP contribution in [-0.4, -0.2) is 9.74 Å². The normalized spacial score (nSPS) is 15.3. The van der Waals surface area contributed by atoms with Gasteiger partial charge in [0, 0.05) is 24.0 Å². The van der Waals surface area contributed by atoms with Crippen molar-refractivity contribution < 1.29 is 4.74 Å². The summed E-state index contributed by atoms with van der Waals surface area (Å²) in [6.07, 6.45) is 1.69. The molecule has 3 rings (SSSR count). The van der Waals surface area contributed by atoms with Crippen molar-refractivity contribution in [2.75, 3.05) is 5.32 Å². The van der Waals surface area contributed by atoms with Crippen LogP contribution in [0.3, 0.4) is 0 Å². The molecule has 1 aliphatic heterocycles. The van der Waals surface area contributed by atoms with Crippen LogP contribution in [-0.2, 0) is 17.4 Å². The molecule has 1 aromatic heterocycles. The topological polar surface area (TPSA) is 50.0 Å². The zero-order valence-corrected chi connectivity index (χ0v) is 14.3. The first-order valence-corrected chi connectivity index (χ1v) is 8.16. The van der Waals surface area contributed by atoms with E-state index in [0.29, 0.717) is 10.9 Å². The lowest BCUT2D eigenvalue weighted by molar-refractivity contribution is 0.0441. The molecule has 0 radical (unpaired) electrons. The Morgan fingerprint density at radius 3 is 2.61 bits per heavy atom. The third-order valence-electron chi connectivity index (χ3n) is 4.71. The number of fused-ring (bicyclic) bond motifs is 1. The number of rotatable bonds is 3. The van der Waals surface area contributed by atoms with Crippen LogP contribution in [0, 0.1) is 11.3 Å². The molecule has 1 N–H and O–H groups in total. The molecule has 23 heavy (non-hydrogen) atoms. The summed E-state index contributed by atoms with van der Waals surface area (Å²) >= 11 is 5.26. The highest BCUT2D eigenvalue weighted by Gasteiger charge is 2.37. The van der Waals surface area contributed by atoms with Gasteiger partial charge >= 0.3 is 0 Å². The highest BCUT2D eigenvalue weighted by molar-refractivity contribution is 7.80. The molecule has 2 aromatic rings. The quantitative estimate of drug-likeness (QED) is 0.855. The van der Waals surface area contributed by atoms with Gasteiger partial charge in [0.2, 0.25) is 0 Å². The second-order valence-electron chi connectivity index (χ2n) is 5.75. The fourth-order valence-corrected chi connectivity index (χ4v) is 3.52. The van der Waals surface area contributed by atoms with Gasteiger partial charge in [-0.25, -0.2) is 0 Å². The summed E-state index contributed by atoms with van der Waals surface area (Å²) in [5.74, 6) is 0. The predicted molar refractivity (Wildman–Crippen MR) is 95.1 cm³/mol. The number of benzene rings is 1. The highest BCUT2D eigenvalue weighted by Crippen LogP contribution is 2.42. The number of nitrogens with zero attached hydrogens (tertiary/aromatic N) is 2. The molecule has 0 saturated carbocycles. The second-order valence-corrected chi connectivity index (χ2v) is 6.12. The van der Waals surface area contributed by atoms with Gasteiger partial charge in [-0.3, -0.25) is 0 Å². The smallest absolute Gasteiger partial charge is 0.262 e. The highest BCUT2D eigenvalue weighted by atomic mass is 32.1. The summed E-state index contributed by atoms with van der Waals surface area (Å²) in [5.41, 5.74) is 4.45. The molecule has 118 valence electrons. The van der Waals surface area contributed by atoms with E-state index in [4.69, 9.17) is 22.2 Å². The van der Waals surface area contributed by atoms with Crippen LogP contribution in [0.15, 0.2) is 30.3 Å². The predicted octanol–water partition coefficient (Wildman–Crippen LogP) is 4.31. The van der Waals surface area contributed by atoms with Crippen LogP contribution in [0.1, 0.15) is 37.9 Å². The third-order valence-corrected chi connectivity index (χ3v) is 4.89. The Hall–Kier alpha value is -2.32. The van der Waals surface area contributed by atoms with Crippen molar-refractivity contribution in [1.82, 2.24) is 4.57 Å². The minimum absolute atomic E-state index is 0.392. The lowest BCUT2D eigenvalue weighted by atomic mass is 9.85. The summed E-state index contributed by atoms with van der Waals surface area (Å²) in [6, 6.07) is 12.2. The molecule has 0 atom stereocenters. The van der Waals surface area contributed by atoms with Gasteiger partial charge in [0.05, 0.1) is 0 Å². The number of ether oxygens (including phenoxy) is 1. The maximum atomic E-state index is 9.14. The maximum absolute atomic E-state index is 9.14. The lowest BCUT2D eigenvalue weighted by Gasteiger charge is -2.39. The van der Waals surface area contributed by atoms with Gasteiger partial charge in [-0.2, -0.15) is 5.26 Å². The Bertz CT molecular complexity index is 812. The molecule has 2 heterocycles. The van der Waals surface area contributed by atoms with Gasteiger partial charge in [-0.15, -0.1) is 0 Å². The molecule has 0 bridgehead atoms. The van der Waals surface area contributed by atoms with E-state index in [1.165, 1.54) is 0 Å². The van der Waals surface area contributed by atoms with Crippen LogP contribution < -0.4 is 5.32 Å². The summed E-state index contributed by atoms with van der Waals surface area (Å²) in [5, 5.41) is 12.7. The molecule has 0 spiro atoms. The molecule has 1 aliphatic rings. The summed E-state index contributed by atoms with van der Waals surface area (Å²) < 4.78 is 7.91. The van der Waals surface area contributed by atoms with Gasteiger partial charge in [0.25, 0.3) is 5.17 Å². The summed E-state index contributed by atoms with van der Waals surface area (Å²) in [4.78, 5) is 0. The Balaban J connectivity index is 2.16. The molecule has 0 saturated heterocycles. The SMILES string of the molecule is CCC1(CC)OC(=S)Nc2ccc(-c3ccc(C#N)n3C)cc21. The minimum Gasteiger partial charge on any atom is -0.459 e. The van der Waals surface area contributed by atoms with E-state index in [-0.39, 0.29) is 0 Å². The van der Waals surface area contributed by atoms with Crippen molar-refractivity contribution in [2.24, 2.45) is 7.05 Å². The van der Waals surface area contributed by atoms with Gasteiger partial charge in [0.15, 0.2) is 0 Å². The standard InChI is InChI=1S/C18H19N3OS/c1-4-18(5-2)14-10-12(6-8-15(14)20-17(23)22-18)16-9-7-13(11-19)21(16)3/h6-10H,4-5H2,1-3H3,(H,20,23). The first kappa shape index (κ1) is 15.6. The van der Waals surface area contributed by atoms with Gasteiger partial charge in [0.1, 0.15) is 17.4 Å². The largest absolute Gasteiger partial charge is 0.459 e. The van der Waals surface area contributed by atoms with Gasteiger partial charge in [-0.05, 0) is 54.9 Å². The minimum atomic E-state index is -0.392. The van der Waals surface area contributed by atoms with E-state index in [9.17, 15) is 0 Å². The van der Waals surface area contributed by atoms with E-state index in [1.54, 1.807) is 0 Å². The van der Waals surface area contributed by atoms with E-state index >= 15 is 0 Å². The Labute approximate surface area is 141 Å². The molecule has 0 unspecified atom stereocenters. The fraction of sp³-hybridized carbons (Fsp3) is 0.333.